The fourth-order valence-corrected chi connectivity index (χ4v) is 2.22. The first-order valence-electron chi connectivity index (χ1n) is 6.94. The third-order valence-corrected chi connectivity index (χ3v) is 3.56. The monoisotopic (exact) mass is 303 g/mol. The number of amides is 2. The Balaban J connectivity index is 1.91. The van der Waals surface area contributed by atoms with Crippen LogP contribution in [-0.4, -0.2) is 52.7 Å². The summed E-state index contributed by atoms with van der Waals surface area (Å²) < 4.78 is 0. The summed E-state index contributed by atoms with van der Waals surface area (Å²) in [5.41, 5.74) is 0.741. The van der Waals surface area contributed by atoms with E-state index < -0.39 is 4.92 Å². The van der Waals surface area contributed by atoms with E-state index in [-0.39, 0.29) is 17.5 Å². The van der Waals surface area contributed by atoms with Gasteiger partial charge in [-0.05, 0) is 23.8 Å². The normalized spacial score (nSPS) is 15.1. The first-order valence-corrected chi connectivity index (χ1v) is 6.94. The predicted octanol–water partition coefficient (Wildman–Crippen LogP) is 1.30. The third kappa shape index (κ3) is 3.91. The highest BCUT2D eigenvalue weighted by atomic mass is 16.6. The Morgan fingerprint density at radius 1 is 1.09 bits per heavy atom. The summed E-state index contributed by atoms with van der Waals surface area (Å²) in [4.78, 5) is 36.8. The molecular formula is C15H17N3O4. The highest BCUT2D eigenvalue weighted by Gasteiger charge is 2.20. The number of nitrogens with zero attached hydrogens (tertiary/aromatic N) is 3. The van der Waals surface area contributed by atoms with Crippen LogP contribution in [-0.2, 0) is 9.59 Å². The van der Waals surface area contributed by atoms with Crippen LogP contribution in [0, 0.1) is 10.1 Å². The van der Waals surface area contributed by atoms with Crippen molar-refractivity contribution in [3.63, 3.8) is 0 Å². The molecule has 0 saturated carbocycles. The molecule has 2 amide bonds. The van der Waals surface area contributed by atoms with Crippen molar-refractivity contribution >= 4 is 23.6 Å². The van der Waals surface area contributed by atoms with E-state index in [4.69, 9.17) is 0 Å². The fourth-order valence-electron chi connectivity index (χ4n) is 2.22. The first-order chi connectivity index (χ1) is 10.5. The minimum Gasteiger partial charge on any atom is -0.339 e. The Labute approximate surface area is 128 Å². The second-order valence-electron chi connectivity index (χ2n) is 5.01. The van der Waals surface area contributed by atoms with Crippen LogP contribution in [0.2, 0.25) is 0 Å². The molecule has 1 fully saturated rings. The molecule has 7 heteroatoms. The maximum Gasteiger partial charge on any atom is 0.269 e. The zero-order chi connectivity index (χ0) is 16.1. The largest absolute Gasteiger partial charge is 0.339 e. The molecule has 1 heterocycles. The van der Waals surface area contributed by atoms with E-state index in [0.717, 1.165) is 5.56 Å². The van der Waals surface area contributed by atoms with Gasteiger partial charge in [0.1, 0.15) is 0 Å². The quantitative estimate of drug-likeness (QED) is 0.478. The van der Waals surface area contributed by atoms with E-state index in [0.29, 0.717) is 26.2 Å². The van der Waals surface area contributed by atoms with Gasteiger partial charge in [0, 0.05) is 51.3 Å². The third-order valence-electron chi connectivity index (χ3n) is 3.56. The van der Waals surface area contributed by atoms with Gasteiger partial charge in [0.05, 0.1) is 4.92 Å². The Kier molecular flexibility index (Phi) is 4.88. The summed E-state index contributed by atoms with van der Waals surface area (Å²) in [6.45, 7) is 3.65. The zero-order valence-corrected chi connectivity index (χ0v) is 12.3. The van der Waals surface area contributed by atoms with Crippen LogP contribution < -0.4 is 0 Å². The zero-order valence-electron chi connectivity index (χ0n) is 12.3. The van der Waals surface area contributed by atoms with Gasteiger partial charge in [0.2, 0.25) is 11.8 Å². The van der Waals surface area contributed by atoms with Crippen molar-refractivity contribution in [1.82, 2.24) is 9.80 Å². The highest BCUT2D eigenvalue weighted by molar-refractivity contribution is 5.92. The molecular weight excluding hydrogens is 286 g/mol. The van der Waals surface area contributed by atoms with Crippen LogP contribution >= 0.6 is 0 Å². The Morgan fingerprint density at radius 2 is 1.64 bits per heavy atom. The molecule has 0 aliphatic carbocycles. The van der Waals surface area contributed by atoms with Crippen molar-refractivity contribution in [2.45, 2.75) is 6.92 Å². The van der Waals surface area contributed by atoms with Crippen molar-refractivity contribution in [2.24, 2.45) is 0 Å². The number of carbonyl (C=O) groups is 2. The fraction of sp³-hybridized carbons (Fsp3) is 0.333. The van der Waals surface area contributed by atoms with Gasteiger partial charge in [0.15, 0.2) is 0 Å². The van der Waals surface area contributed by atoms with Crippen molar-refractivity contribution in [2.75, 3.05) is 26.2 Å². The molecule has 0 aromatic heterocycles. The summed E-state index contributed by atoms with van der Waals surface area (Å²) in [5.74, 6) is -0.102. The lowest BCUT2D eigenvalue weighted by Gasteiger charge is -2.33. The second-order valence-corrected chi connectivity index (χ2v) is 5.01. The standard InChI is InChI=1S/C15H17N3O4/c1-12(19)16-8-10-17(11-9-16)15(20)7-4-13-2-5-14(6-3-13)18(21)22/h2-7H,8-11H2,1H3/b7-4+. The molecule has 7 nitrogen and oxygen atoms in total. The van der Waals surface area contributed by atoms with Crippen molar-refractivity contribution in [3.8, 4) is 0 Å². The summed E-state index contributed by atoms with van der Waals surface area (Å²) >= 11 is 0. The minimum absolute atomic E-state index is 0.0174. The average molecular weight is 303 g/mol. The number of carbonyl (C=O) groups excluding carboxylic acids is 2. The molecule has 0 bridgehead atoms. The molecule has 22 heavy (non-hydrogen) atoms. The lowest BCUT2D eigenvalue weighted by atomic mass is 10.2. The van der Waals surface area contributed by atoms with Gasteiger partial charge in [-0.25, -0.2) is 0 Å². The van der Waals surface area contributed by atoms with Gasteiger partial charge in [-0.15, -0.1) is 0 Å². The van der Waals surface area contributed by atoms with Crippen LogP contribution in [0.5, 0.6) is 0 Å². The SMILES string of the molecule is CC(=O)N1CCN(C(=O)/C=C/c2ccc([N+](=O)[O-])cc2)CC1. The van der Waals surface area contributed by atoms with Crippen LogP contribution in [0.1, 0.15) is 12.5 Å². The molecule has 0 radical (unpaired) electrons. The Bertz CT molecular complexity index is 602. The second kappa shape index (κ2) is 6.84. The van der Waals surface area contributed by atoms with Crippen molar-refractivity contribution in [1.29, 1.82) is 0 Å². The van der Waals surface area contributed by atoms with Crippen LogP contribution in [0.3, 0.4) is 0 Å². The molecule has 1 aliphatic rings. The number of nitro benzene ring substituents is 1. The molecule has 1 aromatic rings. The van der Waals surface area contributed by atoms with Gasteiger partial charge in [-0.2, -0.15) is 0 Å². The number of benzene rings is 1. The minimum atomic E-state index is -0.465. The Morgan fingerprint density at radius 3 is 2.14 bits per heavy atom. The van der Waals surface area contributed by atoms with Crippen LogP contribution in [0.4, 0.5) is 5.69 Å². The molecule has 0 N–H and O–H groups in total. The first kappa shape index (κ1) is 15.7. The predicted molar refractivity (Wildman–Crippen MR) is 81.0 cm³/mol. The lowest BCUT2D eigenvalue weighted by Crippen LogP contribution is -2.49. The average Bonchev–Trinajstić information content (AvgIpc) is 2.53. The summed E-state index contributed by atoms with van der Waals surface area (Å²) in [6, 6.07) is 5.98. The number of rotatable bonds is 3. The number of non-ortho nitro benzene ring substituents is 1. The van der Waals surface area contributed by atoms with Crippen LogP contribution in [0.25, 0.3) is 6.08 Å². The Hall–Kier alpha value is -2.70. The lowest BCUT2D eigenvalue weighted by molar-refractivity contribution is -0.384. The van der Waals surface area contributed by atoms with Crippen LogP contribution in [0.15, 0.2) is 30.3 Å². The molecule has 116 valence electrons. The summed E-state index contributed by atoms with van der Waals surface area (Å²) in [7, 11) is 0. The molecule has 1 aliphatic heterocycles. The van der Waals surface area contributed by atoms with E-state index in [1.165, 1.54) is 25.1 Å². The van der Waals surface area contributed by atoms with E-state index in [1.807, 2.05) is 0 Å². The number of hydrogen-bond donors (Lipinski definition) is 0. The molecule has 0 unspecified atom stereocenters. The van der Waals surface area contributed by atoms with Gasteiger partial charge in [0.25, 0.3) is 5.69 Å². The number of piperazine rings is 1. The van der Waals surface area contributed by atoms with Gasteiger partial charge < -0.3 is 9.80 Å². The molecule has 0 atom stereocenters. The van der Waals surface area contributed by atoms with Crippen molar-refractivity contribution in [3.05, 3.63) is 46.0 Å². The van der Waals surface area contributed by atoms with Crippen molar-refractivity contribution < 1.29 is 14.5 Å². The smallest absolute Gasteiger partial charge is 0.269 e. The highest BCUT2D eigenvalue weighted by Crippen LogP contribution is 2.13. The maximum atomic E-state index is 12.1. The topological polar surface area (TPSA) is 83.8 Å². The van der Waals surface area contributed by atoms with E-state index in [1.54, 1.807) is 28.0 Å². The molecule has 0 spiro atoms. The van der Waals surface area contributed by atoms with E-state index in [2.05, 4.69) is 0 Å². The van der Waals surface area contributed by atoms with Gasteiger partial charge in [-0.3, -0.25) is 19.7 Å². The molecule has 2 rings (SSSR count). The summed E-state index contributed by atoms with van der Waals surface area (Å²) in [6.07, 6.45) is 3.08. The van der Waals surface area contributed by atoms with E-state index >= 15 is 0 Å². The number of hydrogen-bond acceptors (Lipinski definition) is 4. The maximum absolute atomic E-state index is 12.1. The van der Waals surface area contributed by atoms with Gasteiger partial charge >= 0.3 is 0 Å². The molecule has 1 saturated heterocycles. The summed E-state index contributed by atoms with van der Waals surface area (Å²) in [5, 5.41) is 10.6. The number of nitro groups is 1. The molecule has 1 aromatic carbocycles. The van der Waals surface area contributed by atoms with Gasteiger partial charge in [-0.1, -0.05) is 0 Å². The van der Waals surface area contributed by atoms with E-state index in [9.17, 15) is 19.7 Å².